The van der Waals surface area contributed by atoms with E-state index in [1.54, 1.807) is 0 Å². The molecule has 5 aromatic carbocycles. The molecule has 0 amide bonds. The fourth-order valence-corrected chi connectivity index (χ4v) is 6.95. The predicted octanol–water partition coefficient (Wildman–Crippen LogP) is 13.3. The van der Waals surface area contributed by atoms with Crippen LogP contribution in [0.1, 0.15) is 38.8 Å². The van der Waals surface area contributed by atoms with Crippen LogP contribution in [0, 0.1) is 0 Å². The summed E-state index contributed by atoms with van der Waals surface area (Å²) < 4.78 is 4.71. The zero-order chi connectivity index (χ0) is 33.7. The van der Waals surface area contributed by atoms with Gasteiger partial charge in [-0.2, -0.15) is 0 Å². The second-order valence-electron chi connectivity index (χ2n) is 12.4. The minimum Gasteiger partial charge on any atom is -0.316 e. The molecule has 49 heavy (non-hydrogen) atoms. The smallest absolute Gasteiger partial charge is 0.0541 e. The van der Waals surface area contributed by atoms with Crippen molar-refractivity contribution in [2.24, 2.45) is 0 Å². The third-order valence-electron chi connectivity index (χ3n) is 9.34. The van der Waals surface area contributed by atoms with Crippen molar-refractivity contribution in [1.29, 1.82) is 0 Å². The molecule has 0 saturated carbocycles. The first-order valence-electron chi connectivity index (χ1n) is 17.2. The molecule has 0 aliphatic rings. The van der Waals surface area contributed by atoms with E-state index in [-0.39, 0.29) is 0 Å². The topological polar surface area (TPSA) is 9.86 Å². The maximum atomic E-state index is 2.41. The normalized spacial score (nSPS) is 13.1. The van der Waals surface area contributed by atoms with Crippen LogP contribution in [0.15, 0.2) is 164 Å². The molecule has 0 spiro atoms. The monoisotopic (exact) mass is 634 g/mol. The highest BCUT2D eigenvalue weighted by Gasteiger charge is 2.16. The Kier molecular flexibility index (Phi) is 9.12. The Hall–Kier alpha value is -5.86. The zero-order valence-electron chi connectivity index (χ0n) is 28.8. The van der Waals surface area contributed by atoms with Crippen LogP contribution in [-0.2, 0) is 6.42 Å². The van der Waals surface area contributed by atoms with Gasteiger partial charge in [-0.15, -0.1) is 0 Å². The van der Waals surface area contributed by atoms with E-state index in [4.69, 9.17) is 0 Å². The van der Waals surface area contributed by atoms with Gasteiger partial charge in [0.05, 0.1) is 22.1 Å². The van der Waals surface area contributed by atoms with Crippen molar-refractivity contribution in [2.45, 2.75) is 34.1 Å². The van der Waals surface area contributed by atoms with Crippen LogP contribution in [0.2, 0.25) is 0 Å². The standard InChI is InChI=1S/C47H42N2/c1-5-9-11-12-15-30-48-44-19-14-13-18-40(44)41-32-37(22-27-45(41)48)38-24-29-47-43(33-38)42-31-36(35(8-4)16-7-3)23-28-46(42)49(47)39-25-20-34(21-26-39)17-10-6-2/h5-16,18-33H,17H2,1-4H3/b9-5-,10-6-,12-11-,16-7-,30-15+,35-8+. The fourth-order valence-electron chi connectivity index (χ4n) is 6.95. The van der Waals surface area contributed by atoms with E-state index < -0.39 is 0 Å². The Morgan fingerprint density at radius 3 is 1.92 bits per heavy atom. The Morgan fingerprint density at radius 2 is 1.20 bits per heavy atom. The molecule has 0 unspecified atom stereocenters. The molecule has 7 aromatic rings. The summed E-state index contributed by atoms with van der Waals surface area (Å²) in [5.41, 5.74) is 12.2. The summed E-state index contributed by atoms with van der Waals surface area (Å²) in [6.45, 7) is 8.29. The average molecular weight is 635 g/mol. The van der Waals surface area contributed by atoms with E-state index >= 15 is 0 Å². The molecule has 0 saturated heterocycles. The lowest BCUT2D eigenvalue weighted by Crippen LogP contribution is -1.94. The summed E-state index contributed by atoms with van der Waals surface area (Å²) in [6.07, 6.45) is 24.2. The molecule has 2 nitrogen and oxygen atoms in total. The lowest BCUT2D eigenvalue weighted by molar-refractivity contribution is 1.16. The van der Waals surface area contributed by atoms with Crippen LogP contribution in [0.25, 0.3) is 72.2 Å². The molecule has 2 heterocycles. The van der Waals surface area contributed by atoms with Gasteiger partial charge in [0.25, 0.3) is 0 Å². The quantitative estimate of drug-likeness (QED) is 0.110. The predicted molar refractivity (Wildman–Crippen MR) is 215 cm³/mol. The molecule has 0 aliphatic carbocycles. The van der Waals surface area contributed by atoms with Crippen LogP contribution in [0.5, 0.6) is 0 Å². The van der Waals surface area contributed by atoms with E-state index in [1.165, 1.54) is 77.1 Å². The number of fused-ring (bicyclic) bond motifs is 6. The van der Waals surface area contributed by atoms with Crippen LogP contribution in [0.3, 0.4) is 0 Å². The Morgan fingerprint density at radius 1 is 0.551 bits per heavy atom. The zero-order valence-corrected chi connectivity index (χ0v) is 28.8. The summed E-state index contributed by atoms with van der Waals surface area (Å²) >= 11 is 0. The van der Waals surface area contributed by atoms with E-state index in [1.807, 2.05) is 19.1 Å². The highest BCUT2D eigenvalue weighted by Crippen LogP contribution is 2.38. The molecular weight excluding hydrogens is 593 g/mol. The van der Waals surface area contributed by atoms with Gasteiger partial charge < -0.3 is 9.13 Å². The van der Waals surface area contributed by atoms with Gasteiger partial charge >= 0.3 is 0 Å². The Balaban J connectivity index is 1.40. The maximum Gasteiger partial charge on any atom is 0.0541 e. The second-order valence-corrected chi connectivity index (χ2v) is 12.4. The number of para-hydroxylation sites is 1. The van der Waals surface area contributed by atoms with Crippen molar-refractivity contribution in [3.8, 4) is 16.8 Å². The summed E-state index contributed by atoms with van der Waals surface area (Å²) in [4.78, 5) is 0. The van der Waals surface area contributed by atoms with E-state index in [0.717, 1.165) is 6.42 Å². The summed E-state index contributed by atoms with van der Waals surface area (Å²) in [6, 6.07) is 38.4. The van der Waals surface area contributed by atoms with Crippen LogP contribution in [-0.4, -0.2) is 9.13 Å². The largest absolute Gasteiger partial charge is 0.316 e. The van der Waals surface area contributed by atoms with Crippen molar-refractivity contribution >= 4 is 55.4 Å². The van der Waals surface area contributed by atoms with E-state index in [0.29, 0.717) is 0 Å². The lowest BCUT2D eigenvalue weighted by Gasteiger charge is -2.10. The molecule has 7 rings (SSSR count). The Labute approximate surface area is 289 Å². The van der Waals surface area contributed by atoms with E-state index in [9.17, 15) is 0 Å². The highest BCUT2D eigenvalue weighted by atomic mass is 15.0. The molecule has 240 valence electrons. The van der Waals surface area contributed by atoms with Crippen molar-refractivity contribution in [2.75, 3.05) is 0 Å². The molecule has 0 radical (unpaired) electrons. The molecule has 2 aromatic heterocycles. The fraction of sp³-hybridized carbons (Fsp3) is 0.106. The first-order valence-corrected chi connectivity index (χ1v) is 17.2. The van der Waals surface area contributed by atoms with Gasteiger partial charge in [-0.1, -0.05) is 103 Å². The van der Waals surface area contributed by atoms with Gasteiger partial charge in [0.2, 0.25) is 0 Å². The van der Waals surface area contributed by atoms with Crippen molar-refractivity contribution < 1.29 is 0 Å². The number of hydrogen-bond acceptors (Lipinski definition) is 0. The highest BCUT2D eigenvalue weighted by molar-refractivity contribution is 6.13. The molecule has 0 N–H and O–H groups in total. The lowest BCUT2D eigenvalue weighted by atomic mass is 9.99. The first kappa shape index (κ1) is 31.7. The molecular formula is C47H42N2. The molecule has 2 heteroatoms. The third kappa shape index (κ3) is 6.03. The number of rotatable bonds is 9. The van der Waals surface area contributed by atoms with Gasteiger partial charge in [-0.25, -0.2) is 0 Å². The molecule has 0 aliphatic heterocycles. The van der Waals surface area contributed by atoms with Crippen LogP contribution >= 0.6 is 0 Å². The van der Waals surface area contributed by atoms with Gasteiger partial charge in [-0.3, -0.25) is 0 Å². The minimum atomic E-state index is 0.945. The molecule has 0 atom stereocenters. The van der Waals surface area contributed by atoms with E-state index in [2.05, 4.69) is 188 Å². The van der Waals surface area contributed by atoms with Gasteiger partial charge in [-0.05, 0) is 123 Å². The Bertz CT molecular complexity index is 2480. The van der Waals surface area contributed by atoms with Crippen molar-refractivity contribution in [3.63, 3.8) is 0 Å². The van der Waals surface area contributed by atoms with Crippen LogP contribution in [0.4, 0.5) is 0 Å². The van der Waals surface area contributed by atoms with Crippen LogP contribution < -0.4 is 0 Å². The number of benzene rings is 5. The molecule has 0 bridgehead atoms. The van der Waals surface area contributed by atoms with Gasteiger partial charge in [0.15, 0.2) is 0 Å². The minimum absolute atomic E-state index is 0.945. The number of allylic oxidation sites excluding steroid dienone is 11. The second kappa shape index (κ2) is 14.1. The summed E-state index contributed by atoms with van der Waals surface area (Å²) in [7, 11) is 0. The summed E-state index contributed by atoms with van der Waals surface area (Å²) in [5, 5.41) is 5.01. The SMILES string of the molecule is C\C=C/C=C\C=C\n1c2ccccc2c2cc(-c3ccc4c(c3)c3cc(C(/C=C\C)=C/C)ccc3n4-c3ccc(C/C=C\C)cc3)ccc21. The summed E-state index contributed by atoms with van der Waals surface area (Å²) in [5.74, 6) is 0. The van der Waals surface area contributed by atoms with Crippen molar-refractivity contribution in [3.05, 3.63) is 175 Å². The third-order valence-corrected chi connectivity index (χ3v) is 9.34. The number of nitrogens with zero attached hydrogens (tertiary/aromatic N) is 2. The number of hydrogen-bond donors (Lipinski definition) is 0. The van der Waals surface area contributed by atoms with Gasteiger partial charge in [0.1, 0.15) is 0 Å². The maximum absolute atomic E-state index is 2.41. The van der Waals surface area contributed by atoms with Gasteiger partial charge in [0, 0.05) is 33.4 Å². The average Bonchev–Trinajstić information content (AvgIpc) is 3.64. The number of aromatic nitrogens is 2. The molecule has 0 fully saturated rings. The van der Waals surface area contributed by atoms with Crippen molar-refractivity contribution in [1.82, 2.24) is 9.13 Å². The first-order chi connectivity index (χ1) is 24.1.